The molecule has 8 heteroatoms. The predicted octanol–water partition coefficient (Wildman–Crippen LogP) is 4.17. The third kappa shape index (κ3) is 6.17. The van der Waals surface area contributed by atoms with Crippen LogP contribution in [0.15, 0.2) is 24.3 Å². The van der Waals surface area contributed by atoms with Crippen molar-refractivity contribution in [3.8, 4) is 0 Å². The predicted molar refractivity (Wildman–Crippen MR) is 108 cm³/mol. The molecule has 1 aromatic rings. The molecule has 2 rings (SSSR count). The van der Waals surface area contributed by atoms with Crippen molar-refractivity contribution >= 4 is 58.0 Å². The maximum absolute atomic E-state index is 12.6. The Kier molecular flexibility index (Phi) is 7.62. The average molecular weight is 423 g/mol. The third-order valence-corrected chi connectivity index (χ3v) is 5.18. The normalized spacial score (nSPS) is 16.7. The summed E-state index contributed by atoms with van der Waals surface area (Å²) in [4.78, 5) is 14.6. The first-order valence-electron chi connectivity index (χ1n) is 8.27. The number of hydrogen-bond acceptors (Lipinski definition) is 2. The molecule has 1 aliphatic rings. The highest BCUT2D eigenvalue weighted by Crippen LogP contribution is 2.29. The zero-order valence-corrected chi connectivity index (χ0v) is 17.1. The van der Waals surface area contributed by atoms with E-state index in [0.717, 1.165) is 31.5 Å². The number of alkyl halides is 3. The van der Waals surface area contributed by atoms with Gasteiger partial charge in [0.15, 0.2) is 5.11 Å². The van der Waals surface area contributed by atoms with Crippen LogP contribution in [-0.2, 0) is 0 Å². The molecule has 1 saturated heterocycles. The smallest absolute Gasteiger partial charge is 0.253 e. The summed E-state index contributed by atoms with van der Waals surface area (Å²) in [6, 6.07) is 7.24. The van der Waals surface area contributed by atoms with Crippen LogP contribution in [0.4, 0.5) is 0 Å². The van der Waals surface area contributed by atoms with Crippen molar-refractivity contribution in [3.05, 3.63) is 35.4 Å². The van der Waals surface area contributed by atoms with E-state index in [0.29, 0.717) is 10.7 Å². The lowest BCUT2D eigenvalue weighted by Crippen LogP contribution is -2.58. The molecule has 0 saturated carbocycles. The molecule has 2 N–H and O–H groups in total. The van der Waals surface area contributed by atoms with Crippen LogP contribution in [0.2, 0.25) is 0 Å². The number of nitrogens with zero attached hydrogens (tertiary/aromatic N) is 1. The number of nitrogens with one attached hydrogen (secondary N) is 2. The Morgan fingerprint density at radius 1 is 1.12 bits per heavy atom. The Balaban J connectivity index is 2.07. The molecule has 1 atom stereocenters. The van der Waals surface area contributed by atoms with E-state index in [-0.39, 0.29) is 5.91 Å². The maximum atomic E-state index is 12.6. The summed E-state index contributed by atoms with van der Waals surface area (Å²) < 4.78 is -1.74. The van der Waals surface area contributed by atoms with Crippen LogP contribution in [0, 0.1) is 6.92 Å². The number of aryl methyl sites for hydroxylation is 1. The standard InChI is InChI=1S/C17H22Cl3N3OS/c1-12-8-4-5-9-13(12)14(24)21-15(17(18,19)20)22-16(25)23-10-6-2-3-7-11-23/h4-5,8-9,15H,2-3,6-7,10-11H2,1H3,(H,21,24)(H,22,25)/t15-/m1/s1. The minimum atomic E-state index is -1.74. The van der Waals surface area contributed by atoms with Gasteiger partial charge in [0.05, 0.1) is 0 Å². The Morgan fingerprint density at radius 2 is 1.72 bits per heavy atom. The van der Waals surface area contributed by atoms with Gasteiger partial charge in [-0.2, -0.15) is 0 Å². The van der Waals surface area contributed by atoms with Crippen molar-refractivity contribution < 1.29 is 4.79 Å². The lowest BCUT2D eigenvalue weighted by molar-refractivity contribution is 0.0933. The molecule has 1 amide bonds. The Hall–Kier alpha value is -0.750. The zero-order chi connectivity index (χ0) is 18.4. The van der Waals surface area contributed by atoms with E-state index >= 15 is 0 Å². The van der Waals surface area contributed by atoms with Crippen LogP contribution >= 0.6 is 47.0 Å². The molecule has 25 heavy (non-hydrogen) atoms. The second-order valence-electron chi connectivity index (χ2n) is 6.11. The minimum absolute atomic E-state index is 0.319. The number of likely N-dealkylation sites (tertiary alicyclic amines) is 1. The van der Waals surface area contributed by atoms with Crippen LogP contribution in [0.1, 0.15) is 41.6 Å². The highest BCUT2D eigenvalue weighted by molar-refractivity contribution is 7.80. The molecule has 0 aliphatic carbocycles. The summed E-state index contributed by atoms with van der Waals surface area (Å²) in [6.07, 6.45) is 3.61. The first-order chi connectivity index (χ1) is 11.8. The quantitative estimate of drug-likeness (QED) is 0.436. The van der Waals surface area contributed by atoms with Crippen molar-refractivity contribution in [1.29, 1.82) is 0 Å². The second kappa shape index (κ2) is 9.26. The second-order valence-corrected chi connectivity index (χ2v) is 8.87. The fourth-order valence-corrected chi connectivity index (χ4v) is 3.35. The molecule has 138 valence electrons. The molecule has 0 spiro atoms. The topological polar surface area (TPSA) is 44.4 Å². The summed E-state index contributed by atoms with van der Waals surface area (Å²) in [6.45, 7) is 3.59. The Bertz CT molecular complexity index is 613. The van der Waals surface area contributed by atoms with Gasteiger partial charge in [0.2, 0.25) is 3.79 Å². The first kappa shape index (κ1) is 20.6. The molecule has 0 aromatic heterocycles. The lowest BCUT2D eigenvalue weighted by atomic mass is 10.1. The molecule has 1 heterocycles. The molecule has 0 unspecified atom stereocenters. The van der Waals surface area contributed by atoms with E-state index in [1.165, 1.54) is 12.8 Å². The fraction of sp³-hybridized carbons (Fsp3) is 0.529. The number of rotatable bonds is 3. The summed E-state index contributed by atoms with van der Waals surface area (Å²) in [5.74, 6) is -0.319. The zero-order valence-electron chi connectivity index (χ0n) is 14.0. The summed E-state index contributed by atoms with van der Waals surface area (Å²) in [7, 11) is 0. The van der Waals surface area contributed by atoms with Gasteiger partial charge in [0, 0.05) is 18.7 Å². The minimum Gasteiger partial charge on any atom is -0.349 e. The number of amides is 1. The van der Waals surface area contributed by atoms with E-state index in [1.54, 1.807) is 12.1 Å². The van der Waals surface area contributed by atoms with Crippen molar-refractivity contribution in [3.63, 3.8) is 0 Å². The number of halogens is 3. The first-order valence-corrected chi connectivity index (χ1v) is 9.82. The summed E-state index contributed by atoms with van der Waals surface area (Å²) in [5.41, 5.74) is 1.38. The molecule has 1 aromatic carbocycles. The van der Waals surface area contributed by atoms with Gasteiger partial charge in [0.25, 0.3) is 5.91 Å². The van der Waals surface area contributed by atoms with E-state index in [9.17, 15) is 4.79 Å². The van der Waals surface area contributed by atoms with Gasteiger partial charge in [-0.25, -0.2) is 0 Å². The summed E-state index contributed by atoms with van der Waals surface area (Å²) >= 11 is 23.6. The van der Waals surface area contributed by atoms with Gasteiger partial charge in [-0.05, 0) is 43.6 Å². The largest absolute Gasteiger partial charge is 0.349 e. The van der Waals surface area contributed by atoms with Crippen LogP contribution in [0.5, 0.6) is 0 Å². The molecular weight excluding hydrogens is 401 g/mol. The van der Waals surface area contributed by atoms with Crippen LogP contribution in [0.3, 0.4) is 0 Å². The van der Waals surface area contributed by atoms with Gasteiger partial charge < -0.3 is 15.5 Å². The van der Waals surface area contributed by atoms with Crippen LogP contribution in [-0.4, -0.2) is 39.0 Å². The van der Waals surface area contributed by atoms with Gasteiger partial charge in [-0.15, -0.1) is 0 Å². The van der Waals surface area contributed by atoms with Crippen molar-refractivity contribution in [2.24, 2.45) is 0 Å². The lowest BCUT2D eigenvalue weighted by Gasteiger charge is -2.32. The van der Waals surface area contributed by atoms with Crippen LogP contribution < -0.4 is 10.6 Å². The van der Waals surface area contributed by atoms with Gasteiger partial charge in [-0.3, -0.25) is 4.79 Å². The van der Waals surface area contributed by atoms with Gasteiger partial charge in [-0.1, -0.05) is 65.8 Å². The van der Waals surface area contributed by atoms with E-state index in [4.69, 9.17) is 47.0 Å². The van der Waals surface area contributed by atoms with Gasteiger partial charge in [0.1, 0.15) is 6.17 Å². The molecule has 0 bridgehead atoms. The van der Waals surface area contributed by atoms with Crippen molar-refractivity contribution in [2.75, 3.05) is 13.1 Å². The highest BCUT2D eigenvalue weighted by Gasteiger charge is 2.35. The van der Waals surface area contributed by atoms with Crippen molar-refractivity contribution in [2.45, 2.75) is 42.6 Å². The SMILES string of the molecule is Cc1ccccc1C(=O)N[C@H](NC(=S)N1CCCCCC1)C(Cl)(Cl)Cl. The number of hydrogen-bond donors (Lipinski definition) is 2. The molecular formula is C17H22Cl3N3OS. The van der Waals surface area contributed by atoms with Gasteiger partial charge >= 0.3 is 0 Å². The van der Waals surface area contributed by atoms with E-state index < -0.39 is 9.96 Å². The maximum Gasteiger partial charge on any atom is 0.253 e. The number of benzene rings is 1. The number of thiocarbonyl (C=S) groups is 1. The van der Waals surface area contributed by atoms with Crippen molar-refractivity contribution in [1.82, 2.24) is 15.5 Å². The summed E-state index contributed by atoms with van der Waals surface area (Å²) in [5, 5.41) is 6.23. The average Bonchev–Trinajstić information content (AvgIpc) is 2.83. The Morgan fingerprint density at radius 3 is 2.28 bits per heavy atom. The highest BCUT2D eigenvalue weighted by atomic mass is 35.6. The molecule has 4 nitrogen and oxygen atoms in total. The molecule has 1 fully saturated rings. The number of carbonyl (C=O) groups is 1. The third-order valence-electron chi connectivity index (χ3n) is 4.15. The number of carbonyl (C=O) groups excluding carboxylic acids is 1. The van der Waals surface area contributed by atoms with Crippen LogP contribution in [0.25, 0.3) is 0 Å². The van der Waals surface area contributed by atoms with E-state index in [1.807, 2.05) is 19.1 Å². The monoisotopic (exact) mass is 421 g/mol. The fourth-order valence-electron chi connectivity index (χ4n) is 2.72. The molecule has 0 radical (unpaired) electrons. The molecule has 1 aliphatic heterocycles. The Labute approximate surface area is 169 Å². The van der Waals surface area contributed by atoms with E-state index in [2.05, 4.69) is 15.5 Å².